The first-order valence-electron chi connectivity index (χ1n) is 7.24. The highest BCUT2D eigenvalue weighted by Crippen LogP contribution is 2.22. The number of primary amides is 1. The van der Waals surface area contributed by atoms with E-state index in [4.69, 9.17) is 28.9 Å². The van der Waals surface area contributed by atoms with Gasteiger partial charge >= 0.3 is 6.03 Å². The number of hydrogen-bond acceptors (Lipinski definition) is 2. The average molecular weight is 344 g/mol. The number of nitrogens with zero attached hydrogens (tertiary/aromatic N) is 1. The van der Waals surface area contributed by atoms with E-state index >= 15 is 0 Å². The number of piperidine rings is 1. The Balaban J connectivity index is 1.96. The SMILES string of the molecule is NC(=O)C[C@@H]1CCCCN1C(=O)NCc1ccc(Cl)cc1Cl. The first kappa shape index (κ1) is 16.9. The molecule has 0 aromatic heterocycles. The van der Waals surface area contributed by atoms with Crippen LogP contribution in [0.4, 0.5) is 4.79 Å². The molecule has 22 heavy (non-hydrogen) atoms. The number of carbonyl (C=O) groups excluding carboxylic acids is 2. The maximum absolute atomic E-state index is 12.3. The fraction of sp³-hybridized carbons (Fsp3) is 0.467. The minimum absolute atomic E-state index is 0.119. The largest absolute Gasteiger partial charge is 0.370 e. The molecule has 5 nitrogen and oxygen atoms in total. The van der Waals surface area contributed by atoms with Crippen molar-refractivity contribution in [1.82, 2.24) is 10.2 Å². The highest BCUT2D eigenvalue weighted by atomic mass is 35.5. The zero-order valence-corrected chi connectivity index (χ0v) is 13.7. The second-order valence-corrected chi connectivity index (χ2v) is 6.25. The van der Waals surface area contributed by atoms with E-state index < -0.39 is 0 Å². The van der Waals surface area contributed by atoms with E-state index in [1.54, 1.807) is 23.1 Å². The standard InChI is InChI=1S/C15H19Cl2N3O2/c16-11-5-4-10(13(17)7-11)9-19-15(22)20-6-2-1-3-12(20)8-14(18)21/h4-5,7,12H,1-3,6,8-9H2,(H2,18,21)(H,19,22)/t12-/m0/s1. The van der Waals surface area contributed by atoms with Crippen LogP contribution in [0.1, 0.15) is 31.2 Å². The van der Waals surface area contributed by atoms with Crippen molar-refractivity contribution in [1.29, 1.82) is 0 Å². The van der Waals surface area contributed by atoms with Crippen LogP contribution < -0.4 is 11.1 Å². The van der Waals surface area contributed by atoms with Crippen LogP contribution in [0.25, 0.3) is 0 Å². The van der Waals surface area contributed by atoms with Crippen LogP contribution in [0.3, 0.4) is 0 Å². The number of nitrogens with one attached hydrogen (secondary N) is 1. The van der Waals surface area contributed by atoms with Crippen molar-refractivity contribution in [2.75, 3.05) is 6.54 Å². The summed E-state index contributed by atoms with van der Waals surface area (Å²) in [6.45, 7) is 0.951. The van der Waals surface area contributed by atoms with Crippen LogP contribution >= 0.6 is 23.2 Å². The second-order valence-electron chi connectivity index (χ2n) is 5.41. The summed E-state index contributed by atoms with van der Waals surface area (Å²) in [6, 6.07) is 4.83. The van der Waals surface area contributed by atoms with Crippen LogP contribution in [-0.2, 0) is 11.3 Å². The summed E-state index contributed by atoms with van der Waals surface area (Å²) in [5.74, 6) is -0.384. The van der Waals surface area contributed by atoms with Crippen molar-refractivity contribution < 1.29 is 9.59 Å². The third kappa shape index (κ3) is 4.52. The van der Waals surface area contributed by atoms with Crippen molar-refractivity contribution in [3.63, 3.8) is 0 Å². The summed E-state index contributed by atoms with van der Waals surface area (Å²) in [7, 11) is 0. The molecule has 2 rings (SSSR count). The van der Waals surface area contributed by atoms with Gasteiger partial charge in [0.25, 0.3) is 0 Å². The molecule has 0 unspecified atom stereocenters. The van der Waals surface area contributed by atoms with Crippen molar-refractivity contribution >= 4 is 35.1 Å². The normalized spacial score (nSPS) is 18.1. The van der Waals surface area contributed by atoms with Gasteiger partial charge in [-0.3, -0.25) is 4.79 Å². The molecule has 120 valence electrons. The van der Waals surface area contributed by atoms with Gasteiger partial charge in [0.05, 0.1) is 0 Å². The molecule has 1 aromatic rings. The fourth-order valence-electron chi connectivity index (χ4n) is 2.65. The lowest BCUT2D eigenvalue weighted by Gasteiger charge is -2.35. The third-order valence-corrected chi connectivity index (χ3v) is 4.36. The third-order valence-electron chi connectivity index (χ3n) is 3.77. The van der Waals surface area contributed by atoms with Gasteiger partial charge in [0, 0.05) is 35.6 Å². The molecule has 0 aliphatic carbocycles. The van der Waals surface area contributed by atoms with Gasteiger partial charge in [-0.05, 0) is 37.0 Å². The van der Waals surface area contributed by atoms with E-state index in [-0.39, 0.29) is 24.4 Å². The van der Waals surface area contributed by atoms with Gasteiger partial charge in [0.2, 0.25) is 5.91 Å². The molecule has 7 heteroatoms. The monoisotopic (exact) mass is 343 g/mol. The van der Waals surface area contributed by atoms with Crippen LogP contribution in [-0.4, -0.2) is 29.4 Å². The number of nitrogens with two attached hydrogens (primary N) is 1. The van der Waals surface area contributed by atoms with Crippen molar-refractivity contribution in [3.8, 4) is 0 Å². The predicted octanol–water partition coefficient (Wildman–Crippen LogP) is 2.93. The molecule has 0 bridgehead atoms. The maximum Gasteiger partial charge on any atom is 0.317 e. The Hall–Kier alpha value is -1.46. The fourth-order valence-corrected chi connectivity index (χ4v) is 3.13. The van der Waals surface area contributed by atoms with E-state index in [0.717, 1.165) is 24.8 Å². The Labute approximate surface area is 139 Å². The van der Waals surface area contributed by atoms with Gasteiger partial charge < -0.3 is 16.0 Å². The van der Waals surface area contributed by atoms with E-state index in [9.17, 15) is 9.59 Å². The Morgan fingerprint density at radius 1 is 1.32 bits per heavy atom. The highest BCUT2D eigenvalue weighted by Gasteiger charge is 2.27. The molecule has 1 aliphatic rings. The summed E-state index contributed by atoms with van der Waals surface area (Å²) < 4.78 is 0. The Bertz CT molecular complexity index is 566. The molecule has 0 radical (unpaired) electrons. The minimum Gasteiger partial charge on any atom is -0.370 e. The quantitative estimate of drug-likeness (QED) is 0.881. The summed E-state index contributed by atoms with van der Waals surface area (Å²) in [5, 5.41) is 3.91. The maximum atomic E-state index is 12.3. The van der Waals surface area contributed by atoms with E-state index in [1.807, 2.05) is 0 Å². The summed E-state index contributed by atoms with van der Waals surface area (Å²) in [5.41, 5.74) is 6.05. The summed E-state index contributed by atoms with van der Waals surface area (Å²) >= 11 is 11.9. The molecule has 1 fully saturated rings. The molecule has 1 aliphatic heterocycles. The number of carbonyl (C=O) groups is 2. The zero-order chi connectivity index (χ0) is 16.1. The molecule has 3 amide bonds. The highest BCUT2D eigenvalue weighted by molar-refractivity contribution is 6.35. The number of urea groups is 1. The second kappa shape index (κ2) is 7.70. The molecule has 3 N–H and O–H groups in total. The van der Waals surface area contributed by atoms with Gasteiger partial charge in [-0.25, -0.2) is 4.79 Å². The summed E-state index contributed by atoms with van der Waals surface area (Å²) in [4.78, 5) is 25.2. The molecule has 1 aromatic carbocycles. The predicted molar refractivity (Wildman–Crippen MR) is 86.9 cm³/mol. The van der Waals surface area contributed by atoms with Crippen molar-refractivity contribution in [2.45, 2.75) is 38.3 Å². The van der Waals surface area contributed by atoms with Gasteiger partial charge in [-0.2, -0.15) is 0 Å². The van der Waals surface area contributed by atoms with E-state index in [2.05, 4.69) is 5.32 Å². The Kier molecular flexibility index (Phi) is 5.91. The van der Waals surface area contributed by atoms with Gasteiger partial charge in [-0.1, -0.05) is 29.3 Å². The molecule has 1 atom stereocenters. The molecular formula is C15H19Cl2N3O2. The van der Waals surface area contributed by atoms with Crippen LogP contribution in [0.5, 0.6) is 0 Å². The lowest BCUT2D eigenvalue weighted by molar-refractivity contribution is -0.119. The smallest absolute Gasteiger partial charge is 0.317 e. The minimum atomic E-state index is -0.384. The Morgan fingerprint density at radius 2 is 2.09 bits per heavy atom. The van der Waals surface area contributed by atoms with Crippen molar-refractivity contribution in [2.24, 2.45) is 5.73 Å². The van der Waals surface area contributed by atoms with Gasteiger partial charge in [0.15, 0.2) is 0 Å². The number of rotatable bonds is 4. The van der Waals surface area contributed by atoms with E-state index in [0.29, 0.717) is 23.1 Å². The molecule has 0 spiro atoms. The lowest BCUT2D eigenvalue weighted by Crippen LogP contribution is -2.49. The average Bonchev–Trinajstić information content (AvgIpc) is 2.46. The first-order chi connectivity index (χ1) is 10.5. The molecule has 1 saturated heterocycles. The van der Waals surface area contributed by atoms with Gasteiger partial charge in [0.1, 0.15) is 0 Å². The zero-order valence-electron chi connectivity index (χ0n) is 12.1. The number of likely N-dealkylation sites (tertiary alicyclic amines) is 1. The van der Waals surface area contributed by atoms with Gasteiger partial charge in [-0.15, -0.1) is 0 Å². The molecular weight excluding hydrogens is 325 g/mol. The van der Waals surface area contributed by atoms with Crippen LogP contribution in [0.15, 0.2) is 18.2 Å². The summed E-state index contributed by atoms with van der Waals surface area (Å²) in [6.07, 6.45) is 2.95. The van der Waals surface area contributed by atoms with Crippen LogP contribution in [0, 0.1) is 0 Å². The first-order valence-corrected chi connectivity index (χ1v) is 7.99. The molecule has 0 saturated carbocycles. The number of benzene rings is 1. The lowest BCUT2D eigenvalue weighted by atomic mass is 9.99. The number of amides is 3. The number of halogens is 2. The molecule has 1 heterocycles. The Morgan fingerprint density at radius 3 is 2.77 bits per heavy atom. The van der Waals surface area contributed by atoms with Crippen molar-refractivity contribution in [3.05, 3.63) is 33.8 Å². The van der Waals surface area contributed by atoms with Crippen LogP contribution in [0.2, 0.25) is 10.0 Å². The topological polar surface area (TPSA) is 75.4 Å². The number of hydrogen-bond donors (Lipinski definition) is 2. The van der Waals surface area contributed by atoms with E-state index in [1.165, 1.54) is 0 Å².